The summed E-state index contributed by atoms with van der Waals surface area (Å²) in [5.41, 5.74) is 1.62. The number of carbonyl (C=O) groups excluding carboxylic acids is 2. The minimum atomic E-state index is 0.0861. The standard InChI is InChI=1S/C24H34O3/c1-14-12-16-13-17(25)6-7-18(16)19-10-11-24(2)20(22(14)19)8-9-21(24)27-23(26)15-4-3-5-15/h13-15,18-22H,3-12H2,1-2H3/t14-,18+,19-,20+,21+,22-,24+/m1/s1. The number of rotatable bonds is 2. The summed E-state index contributed by atoms with van der Waals surface area (Å²) in [4.78, 5) is 24.4. The van der Waals surface area contributed by atoms with Crippen molar-refractivity contribution in [1.82, 2.24) is 0 Å². The summed E-state index contributed by atoms with van der Waals surface area (Å²) in [7, 11) is 0. The van der Waals surface area contributed by atoms with Crippen LogP contribution in [0.1, 0.15) is 78.1 Å². The van der Waals surface area contributed by atoms with Crippen LogP contribution in [0.15, 0.2) is 11.6 Å². The Morgan fingerprint density at radius 1 is 1.15 bits per heavy atom. The van der Waals surface area contributed by atoms with Gasteiger partial charge < -0.3 is 4.74 Å². The quantitative estimate of drug-likeness (QED) is 0.636. The fourth-order valence-electron chi connectivity index (χ4n) is 7.61. The lowest BCUT2D eigenvalue weighted by molar-refractivity contribution is -0.167. The Kier molecular flexibility index (Phi) is 4.29. The van der Waals surface area contributed by atoms with Crippen molar-refractivity contribution in [2.45, 2.75) is 84.2 Å². The van der Waals surface area contributed by atoms with Gasteiger partial charge in [-0.3, -0.25) is 9.59 Å². The first-order chi connectivity index (χ1) is 13.0. The number of allylic oxidation sites excluding steroid dienone is 1. The van der Waals surface area contributed by atoms with E-state index in [1.165, 1.54) is 31.3 Å². The average molecular weight is 371 g/mol. The van der Waals surface area contributed by atoms with Crippen LogP contribution >= 0.6 is 0 Å². The molecule has 0 aromatic heterocycles. The molecule has 5 aliphatic rings. The summed E-state index contributed by atoms with van der Waals surface area (Å²) >= 11 is 0. The van der Waals surface area contributed by atoms with Gasteiger partial charge in [-0.05, 0) is 87.0 Å². The van der Waals surface area contributed by atoms with Crippen molar-refractivity contribution in [2.75, 3.05) is 0 Å². The van der Waals surface area contributed by atoms with E-state index in [0.717, 1.165) is 50.4 Å². The van der Waals surface area contributed by atoms with Crippen LogP contribution in [-0.2, 0) is 14.3 Å². The molecule has 0 aromatic carbocycles. The van der Waals surface area contributed by atoms with E-state index in [1.807, 2.05) is 6.08 Å². The highest BCUT2D eigenvalue weighted by atomic mass is 16.5. The van der Waals surface area contributed by atoms with Crippen LogP contribution in [0.2, 0.25) is 0 Å². The Morgan fingerprint density at radius 2 is 1.96 bits per heavy atom. The second kappa shape index (κ2) is 6.46. The van der Waals surface area contributed by atoms with E-state index in [-0.39, 0.29) is 23.4 Å². The molecule has 5 rings (SSSR count). The number of esters is 1. The fourth-order valence-corrected chi connectivity index (χ4v) is 7.61. The molecule has 4 fully saturated rings. The zero-order valence-corrected chi connectivity index (χ0v) is 16.9. The first kappa shape index (κ1) is 17.9. The molecule has 4 saturated carbocycles. The number of hydrogen-bond donors (Lipinski definition) is 0. The molecule has 0 N–H and O–H groups in total. The van der Waals surface area contributed by atoms with Gasteiger partial charge in [0.25, 0.3) is 0 Å². The monoisotopic (exact) mass is 370 g/mol. The molecule has 7 atom stereocenters. The van der Waals surface area contributed by atoms with Crippen molar-refractivity contribution in [3.8, 4) is 0 Å². The highest BCUT2D eigenvalue weighted by molar-refractivity contribution is 5.91. The molecule has 0 saturated heterocycles. The van der Waals surface area contributed by atoms with Gasteiger partial charge in [-0.1, -0.05) is 25.8 Å². The lowest BCUT2D eigenvalue weighted by Gasteiger charge is -2.55. The zero-order valence-electron chi connectivity index (χ0n) is 16.9. The Balaban J connectivity index is 1.36. The lowest BCUT2D eigenvalue weighted by atomic mass is 9.49. The average Bonchev–Trinajstić information content (AvgIpc) is 2.89. The van der Waals surface area contributed by atoms with E-state index in [1.54, 1.807) is 0 Å². The summed E-state index contributed by atoms with van der Waals surface area (Å²) in [5, 5.41) is 0. The molecular formula is C24H34O3. The Labute approximate surface area is 163 Å². The molecule has 0 aromatic rings. The summed E-state index contributed by atoms with van der Waals surface area (Å²) in [6.45, 7) is 4.83. The van der Waals surface area contributed by atoms with Gasteiger partial charge in [-0.15, -0.1) is 0 Å². The van der Waals surface area contributed by atoms with Crippen LogP contribution in [0.25, 0.3) is 0 Å². The van der Waals surface area contributed by atoms with Crippen molar-refractivity contribution in [1.29, 1.82) is 0 Å². The van der Waals surface area contributed by atoms with Crippen LogP contribution < -0.4 is 0 Å². The molecular weight excluding hydrogens is 336 g/mol. The molecule has 0 amide bonds. The molecule has 3 nitrogen and oxygen atoms in total. The van der Waals surface area contributed by atoms with E-state index < -0.39 is 0 Å². The minimum absolute atomic E-state index is 0.0861. The summed E-state index contributed by atoms with van der Waals surface area (Å²) in [6.07, 6.45) is 13.0. The number of hydrogen-bond acceptors (Lipinski definition) is 3. The third kappa shape index (κ3) is 2.75. The van der Waals surface area contributed by atoms with E-state index >= 15 is 0 Å². The van der Waals surface area contributed by atoms with Gasteiger partial charge in [0.2, 0.25) is 0 Å². The smallest absolute Gasteiger partial charge is 0.309 e. The van der Waals surface area contributed by atoms with Crippen LogP contribution in [-0.4, -0.2) is 17.9 Å². The van der Waals surface area contributed by atoms with Crippen LogP contribution in [0, 0.1) is 40.9 Å². The predicted octanol–water partition coefficient (Wildman–Crippen LogP) is 5.09. The van der Waals surface area contributed by atoms with E-state index in [9.17, 15) is 9.59 Å². The Morgan fingerprint density at radius 3 is 2.70 bits per heavy atom. The van der Waals surface area contributed by atoms with Gasteiger partial charge in [0.05, 0.1) is 5.92 Å². The number of fused-ring (bicyclic) bond motifs is 5. The third-order valence-electron chi connectivity index (χ3n) is 9.25. The van der Waals surface area contributed by atoms with Crippen LogP contribution in [0.5, 0.6) is 0 Å². The molecule has 0 heterocycles. The third-order valence-corrected chi connectivity index (χ3v) is 9.25. The van der Waals surface area contributed by atoms with E-state index in [4.69, 9.17) is 4.74 Å². The molecule has 0 spiro atoms. The van der Waals surface area contributed by atoms with Gasteiger partial charge in [0, 0.05) is 11.8 Å². The van der Waals surface area contributed by atoms with Crippen molar-refractivity contribution >= 4 is 11.8 Å². The maximum absolute atomic E-state index is 12.5. The molecule has 27 heavy (non-hydrogen) atoms. The zero-order chi connectivity index (χ0) is 18.8. The highest BCUT2D eigenvalue weighted by Gasteiger charge is 2.59. The van der Waals surface area contributed by atoms with Gasteiger partial charge >= 0.3 is 5.97 Å². The topological polar surface area (TPSA) is 43.4 Å². The molecule has 0 unspecified atom stereocenters. The van der Waals surface area contributed by atoms with Gasteiger partial charge in [-0.25, -0.2) is 0 Å². The molecule has 0 aliphatic heterocycles. The van der Waals surface area contributed by atoms with Crippen molar-refractivity contribution in [2.24, 2.45) is 40.9 Å². The molecule has 0 bridgehead atoms. The normalized spacial score (nSPS) is 46.6. The SMILES string of the molecule is C[C@@H]1CC2=CC(=O)CC[C@@H]2[C@H]2CC[C@]3(C)[C@@H](OC(=O)C4CCC4)CC[C@H]3[C@@H]21. The van der Waals surface area contributed by atoms with Gasteiger partial charge in [-0.2, -0.15) is 0 Å². The van der Waals surface area contributed by atoms with E-state index in [0.29, 0.717) is 23.5 Å². The minimum Gasteiger partial charge on any atom is -0.462 e. The first-order valence-corrected chi connectivity index (χ1v) is 11.4. The van der Waals surface area contributed by atoms with E-state index in [2.05, 4.69) is 13.8 Å². The van der Waals surface area contributed by atoms with Gasteiger partial charge in [0.1, 0.15) is 6.10 Å². The highest BCUT2D eigenvalue weighted by Crippen LogP contribution is 2.63. The lowest BCUT2D eigenvalue weighted by Crippen LogP contribution is -2.51. The first-order valence-electron chi connectivity index (χ1n) is 11.4. The summed E-state index contributed by atoms with van der Waals surface area (Å²) < 4.78 is 6.13. The Bertz CT molecular complexity index is 675. The predicted molar refractivity (Wildman–Crippen MR) is 104 cm³/mol. The number of ether oxygens (including phenoxy) is 1. The maximum Gasteiger partial charge on any atom is 0.309 e. The molecule has 0 radical (unpaired) electrons. The molecule has 5 aliphatic carbocycles. The Hall–Kier alpha value is -1.12. The fraction of sp³-hybridized carbons (Fsp3) is 0.833. The van der Waals surface area contributed by atoms with Crippen molar-refractivity contribution in [3.05, 3.63) is 11.6 Å². The van der Waals surface area contributed by atoms with Crippen LogP contribution in [0.4, 0.5) is 0 Å². The summed E-state index contributed by atoms with van der Waals surface area (Å²) in [5.74, 6) is 4.08. The number of carbonyl (C=O) groups is 2. The van der Waals surface area contributed by atoms with Gasteiger partial charge in [0.15, 0.2) is 5.78 Å². The van der Waals surface area contributed by atoms with Crippen LogP contribution in [0.3, 0.4) is 0 Å². The second-order valence-electron chi connectivity index (χ2n) is 10.5. The number of ketones is 1. The summed E-state index contributed by atoms with van der Waals surface area (Å²) in [6, 6.07) is 0. The second-order valence-corrected chi connectivity index (χ2v) is 10.5. The molecule has 148 valence electrons. The molecule has 3 heteroatoms. The largest absolute Gasteiger partial charge is 0.462 e. The van der Waals surface area contributed by atoms with Crippen molar-refractivity contribution in [3.63, 3.8) is 0 Å². The maximum atomic E-state index is 12.5. The van der Waals surface area contributed by atoms with Crippen molar-refractivity contribution < 1.29 is 14.3 Å².